The normalized spacial score (nSPS) is 11.6. The number of anilines is 3. The van der Waals surface area contributed by atoms with Crippen LogP contribution in [-0.4, -0.2) is 41.8 Å². The maximum absolute atomic E-state index is 12.2. The van der Waals surface area contributed by atoms with E-state index in [0.29, 0.717) is 41.8 Å². The average Bonchev–Trinajstić information content (AvgIpc) is 3.05. The van der Waals surface area contributed by atoms with Gasteiger partial charge in [-0.15, -0.1) is 0 Å². The van der Waals surface area contributed by atoms with E-state index in [-0.39, 0.29) is 18.6 Å². The molecule has 0 aliphatic carbocycles. The predicted molar refractivity (Wildman–Crippen MR) is 99.1 cm³/mol. The van der Waals surface area contributed by atoms with Gasteiger partial charge >= 0.3 is 6.03 Å². The van der Waals surface area contributed by atoms with Gasteiger partial charge in [0.15, 0.2) is 11.5 Å². The van der Waals surface area contributed by atoms with Crippen LogP contribution < -0.4 is 30.7 Å². The van der Waals surface area contributed by atoms with Gasteiger partial charge in [-0.25, -0.2) is 9.78 Å². The summed E-state index contributed by atoms with van der Waals surface area (Å²) in [7, 11) is 0. The molecule has 0 unspecified atom stereocenters. The van der Waals surface area contributed by atoms with Gasteiger partial charge in [-0.2, -0.15) is 4.98 Å². The monoisotopic (exact) mass is 372 g/mol. The summed E-state index contributed by atoms with van der Waals surface area (Å²) in [6, 6.07) is 6.36. The van der Waals surface area contributed by atoms with E-state index in [2.05, 4.69) is 31.2 Å². The first-order valence-electron chi connectivity index (χ1n) is 8.31. The third kappa shape index (κ3) is 5.21. The van der Waals surface area contributed by atoms with Gasteiger partial charge in [0, 0.05) is 43.5 Å². The Morgan fingerprint density at radius 1 is 1.07 bits per heavy atom. The van der Waals surface area contributed by atoms with Crippen LogP contribution in [0.25, 0.3) is 0 Å². The molecule has 0 saturated heterocycles. The van der Waals surface area contributed by atoms with Crippen LogP contribution in [0.1, 0.15) is 12.6 Å². The van der Waals surface area contributed by atoms with Crippen molar-refractivity contribution in [1.82, 2.24) is 15.3 Å². The number of aromatic nitrogens is 2. The molecule has 2 aromatic rings. The summed E-state index contributed by atoms with van der Waals surface area (Å²) in [5, 5.41) is 11.0. The Kier molecular flexibility index (Phi) is 5.55. The lowest BCUT2D eigenvalue weighted by Crippen LogP contribution is -2.26. The van der Waals surface area contributed by atoms with Crippen LogP contribution >= 0.6 is 0 Å². The number of hydrogen-bond donors (Lipinski definition) is 4. The fourth-order valence-electron chi connectivity index (χ4n) is 2.38. The molecule has 4 N–H and O–H groups in total. The van der Waals surface area contributed by atoms with Crippen LogP contribution in [0.15, 0.2) is 24.3 Å². The second kappa shape index (κ2) is 8.21. The third-order valence-corrected chi connectivity index (χ3v) is 3.52. The molecule has 0 bridgehead atoms. The number of nitrogens with zero attached hydrogens (tertiary/aromatic N) is 2. The zero-order chi connectivity index (χ0) is 19.2. The number of benzene rings is 1. The van der Waals surface area contributed by atoms with Crippen molar-refractivity contribution >= 4 is 29.4 Å². The first kappa shape index (κ1) is 18.2. The first-order valence-corrected chi connectivity index (χ1v) is 8.31. The Labute approximate surface area is 155 Å². The molecule has 0 radical (unpaired) electrons. The molecule has 10 nitrogen and oxygen atoms in total. The maximum Gasteiger partial charge on any atom is 0.326 e. The largest absolute Gasteiger partial charge is 0.454 e. The lowest BCUT2D eigenvalue weighted by atomic mass is 10.3. The molecule has 1 aliphatic rings. The molecular formula is C17H20N6O4. The Hall–Kier alpha value is -3.56. The molecular weight excluding hydrogens is 352 g/mol. The average molecular weight is 372 g/mol. The van der Waals surface area contributed by atoms with Gasteiger partial charge in [0.05, 0.1) is 0 Å². The van der Waals surface area contributed by atoms with Crippen LogP contribution in [-0.2, 0) is 4.79 Å². The number of amides is 3. The fourth-order valence-corrected chi connectivity index (χ4v) is 2.38. The molecule has 0 saturated carbocycles. The van der Waals surface area contributed by atoms with Crippen molar-refractivity contribution in [1.29, 1.82) is 0 Å². The van der Waals surface area contributed by atoms with Gasteiger partial charge < -0.3 is 25.4 Å². The zero-order valence-electron chi connectivity index (χ0n) is 15.0. The predicted octanol–water partition coefficient (Wildman–Crippen LogP) is 1.71. The van der Waals surface area contributed by atoms with E-state index in [1.165, 1.54) is 6.92 Å². The number of fused-ring (bicyclic) bond motifs is 1. The number of carbonyl (C=O) groups is 2. The summed E-state index contributed by atoms with van der Waals surface area (Å²) >= 11 is 0. The van der Waals surface area contributed by atoms with E-state index in [9.17, 15) is 9.59 Å². The van der Waals surface area contributed by atoms with Crippen LogP contribution in [0.5, 0.6) is 11.5 Å². The maximum atomic E-state index is 12.2. The molecule has 3 amide bonds. The number of urea groups is 1. The van der Waals surface area contributed by atoms with Crippen molar-refractivity contribution in [2.75, 3.05) is 35.8 Å². The second-order valence-corrected chi connectivity index (χ2v) is 5.78. The lowest BCUT2D eigenvalue weighted by molar-refractivity contribution is -0.118. The van der Waals surface area contributed by atoms with Crippen LogP contribution in [0.4, 0.5) is 22.2 Å². The number of aryl methyl sites for hydroxylation is 1. The summed E-state index contributed by atoms with van der Waals surface area (Å²) in [6.45, 7) is 4.38. The standard InChI is InChI=1S/C17H20N6O4/c1-10-7-15(19-6-5-18-11(2)24)22-16(20-10)23-17(25)21-12-3-4-13-14(8-12)27-9-26-13/h3-4,7-8H,5-6,9H2,1-2H3,(H,18,24)(H3,19,20,21,22,23,25). The Balaban J connectivity index is 1.57. The molecule has 2 heterocycles. The van der Waals surface area contributed by atoms with Crippen molar-refractivity contribution in [2.24, 2.45) is 0 Å². The summed E-state index contributed by atoms with van der Waals surface area (Å²) in [5.74, 6) is 1.82. The number of carbonyl (C=O) groups excluding carboxylic acids is 2. The number of nitrogens with one attached hydrogen (secondary N) is 4. The fraction of sp³-hybridized carbons (Fsp3) is 0.294. The Morgan fingerprint density at radius 2 is 1.89 bits per heavy atom. The van der Waals surface area contributed by atoms with Gasteiger partial charge in [0.1, 0.15) is 5.82 Å². The first-order chi connectivity index (χ1) is 13.0. The van der Waals surface area contributed by atoms with Crippen LogP contribution in [0.3, 0.4) is 0 Å². The summed E-state index contributed by atoms with van der Waals surface area (Å²) in [5.41, 5.74) is 1.24. The second-order valence-electron chi connectivity index (χ2n) is 5.78. The molecule has 0 spiro atoms. The summed E-state index contributed by atoms with van der Waals surface area (Å²) in [6.07, 6.45) is 0. The quantitative estimate of drug-likeness (QED) is 0.569. The smallest absolute Gasteiger partial charge is 0.326 e. The van der Waals surface area contributed by atoms with Crippen molar-refractivity contribution in [3.63, 3.8) is 0 Å². The lowest BCUT2D eigenvalue weighted by Gasteiger charge is -2.10. The van der Waals surface area contributed by atoms with Crippen LogP contribution in [0.2, 0.25) is 0 Å². The van der Waals surface area contributed by atoms with Crippen molar-refractivity contribution < 1.29 is 19.1 Å². The van der Waals surface area contributed by atoms with E-state index in [0.717, 1.165) is 0 Å². The number of hydrogen-bond acceptors (Lipinski definition) is 7. The highest BCUT2D eigenvalue weighted by Crippen LogP contribution is 2.34. The molecule has 0 fully saturated rings. The number of ether oxygens (including phenoxy) is 2. The van der Waals surface area contributed by atoms with E-state index in [1.807, 2.05) is 0 Å². The van der Waals surface area contributed by atoms with Gasteiger partial charge in [-0.1, -0.05) is 0 Å². The van der Waals surface area contributed by atoms with E-state index in [4.69, 9.17) is 9.47 Å². The molecule has 27 heavy (non-hydrogen) atoms. The summed E-state index contributed by atoms with van der Waals surface area (Å²) in [4.78, 5) is 31.5. The minimum absolute atomic E-state index is 0.0989. The SMILES string of the molecule is CC(=O)NCCNc1cc(C)nc(NC(=O)Nc2ccc3c(c2)OCO3)n1. The minimum atomic E-state index is -0.483. The molecule has 1 aliphatic heterocycles. The summed E-state index contributed by atoms with van der Waals surface area (Å²) < 4.78 is 10.5. The molecule has 10 heteroatoms. The van der Waals surface area contributed by atoms with E-state index < -0.39 is 6.03 Å². The highest BCUT2D eigenvalue weighted by molar-refractivity contribution is 5.98. The van der Waals surface area contributed by atoms with Crippen molar-refractivity contribution in [3.05, 3.63) is 30.0 Å². The van der Waals surface area contributed by atoms with Crippen LogP contribution in [0, 0.1) is 6.92 Å². The Morgan fingerprint density at radius 3 is 2.70 bits per heavy atom. The van der Waals surface area contributed by atoms with Gasteiger partial charge in [0.25, 0.3) is 0 Å². The minimum Gasteiger partial charge on any atom is -0.454 e. The third-order valence-electron chi connectivity index (χ3n) is 3.52. The molecule has 0 atom stereocenters. The molecule has 3 rings (SSSR count). The number of rotatable bonds is 6. The van der Waals surface area contributed by atoms with Gasteiger partial charge in [-0.05, 0) is 19.1 Å². The van der Waals surface area contributed by atoms with Gasteiger partial charge in [0.2, 0.25) is 18.6 Å². The molecule has 142 valence electrons. The highest BCUT2D eigenvalue weighted by Gasteiger charge is 2.14. The highest BCUT2D eigenvalue weighted by atomic mass is 16.7. The van der Waals surface area contributed by atoms with E-state index in [1.54, 1.807) is 31.2 Å². The molecule has 1 aromatic heterocycles. The van der Waals surface area contributed by atoms with Crippen molar-refractivity contribution in [2.45, 2.75) is 13.8 Å². The van der Waals surface area contributed by atoms with Gasteiger partial charge in [-0.3, -0.25) is 10.1 Å². The van der Waals surface area contributed by atoms with E-state index >= 15 is 0 Å². The molecule has 1 aromatic carbocycles. The topological polar surface area (TPSA) is 127 Å². The zero-order valence-corrected chi connectivity index (χ0v) is 15.0. The Bertz CT molecular complexity index is 857. The van der Waals surface area contributed by atoms with Crippen molar-refractivity contribution in [3.8, 4) is 11.5 Å².